The lowest BCUT2D eigenvalue weighted by Gasteiger charge is -2.31. The number of hydrogen-bond donors (Lipinski definition) is 10. The van der Waals surface area contributed by atoms with E-state index in [9.17, 15) is 48.6 Å². The van der Waals surface area contributed by atoms with Crippen LogP contribution in [-0.2, 0) is 38.4 Å². The van der Waals surface area contributed by atoms with Crippen LogP contribution in [-0.4, -0.2) is 154 Å². The van der Waals surface area contributed by atoms with Gasteiger partial charge in [-0.15, -0.1) is 0 Å². The fourth-order valence-corrected chi connectivity index (χ4v) is 7.59. The van der Waals surface area contributed by atoms with Crippen LogP contribution in [0.25, 0.3) is 0 Å². The fraction of sp³-hybridized carbons (Fsp3) is 0.789. The Kier molecular flexibility index (Phi) is 19.2. The Balaban J connectivity index is 1.66. The minimum absolute atomic E-state index is 0.0863. The van der Waals surface area contributed by atoms with Crippen molar-refractivity contribution in [3.05, 3.63) is 0 Å². The van der Waals surface area contributed by atoms with Gasteiger partial charge in [0.05, 0.1) is 12.1 Å². The number of nitrogens with one attached hydrogen (secondary N) is 6. The molecule has 0 spiro atoms. The van der Waals surface area contributed by atoms with E-state index in [0.717, 1.165) is 6.42 Å². The normalized spacial score (nSPS) is 23.0. The maximum Gasteiger partial charge on any atom is 0.326 e. The van der Waals surface area contributed by atoms with Crippen LogP contribution in [0.5, 0.6) is 0 Å². The molecule has 3 saturated heterocycles. The van der Waals surface area contributed by atoms with Crippen molar-refractivity contribution in [2.45, 2.75) is 153 Å². The molecule has 0 saturated carbocycles. The first-order chi connectivity index (χ1) is 27.5. The van der Waals surface area contributed by atoms with Crippen molar-refractivity contribution in [3.63, 3.8) is 0 Å². The molecule has 0 aromatic heterocycles. The maximum absolute atomic E-state index is 13.8. The number of β-amino-alcohol motifs (C(OH)–C–C–N with tert-alkyl or cyclic N) is 1. The summed E-state index contributed by atoms with van der Waals surface area (Å²) in [5.41, 5.74) is 11.2. The number of hydrogen-bond acceptors (Lipinski definition) is 12. The summed E-state index contributed by atoms with van der Waals surface area (Å²) in [5, 5.41) is 36.5. The van der Waals surface area contributed by atoms with Crippen molar-refractivity contribution >= 4 is 47.3 Å². The molecule has 3 heterocycles. The Morgan fingerprint density at radius 3 is 1.86 bits per heavy atom. The minimum Gasteiger partial charge on any atom is -0.480 e. The minimum atomic E-state index is -1.19. The van der Waals surface area contributed by atoms with Crippen LogP contribution < -0.4 is 43.4 Å². The van der Waals surface area contributed by atoms with Crippen LogP contribution in [0.2, 0.25) is 0 Å². The Morgan fingerprint density at radius 2 is 1.28 bits per heavy atom. The molecule has 20 heteroatoms. The van der Waals surface area contributed by atoms with Gasteiger partial charge in [0.15, 0.2) is 0 Å². The zero-order valence-electron chi connectivity index (χ0n) is 34.3. The molecule has 0 unspecified atom stereocenters. The monoisotopic (exact) mass is 822 g/mol. The number of carboxylic acid groups (broad SMARTS) is 1. The first kappa shape index (κ1) is 48.0. The van der Waals surface area contributed by atoms with E-state index in [1.807, 2.05) is 0 Å². The van der Waals surface area contributed by atoms with Gasteiger partial charge in [0, 0.05) is 19.5 Å². The highest BCUT2D eigenvalue weighted by atomic mass is 16.4. The van der Waals surface area contributed by atoms with Crippen molar-refractivity contribution in [2.24, 2.45) is 17.4 Å². The van der Waals surface area contributed by atoms with E-state index in [1.165, 1.54) is 23.6 Å². The number of unbranched alkanes of at least 4 members (excludes halogenated alkanes) is 2. The van der Waals surface area contributed by atoms with E-state index in [1.54, 1.807) is 13.8 Å². The molecule has 7 amide bonds. The van der Waals surface area contributed by atoms with Crippen molar-refractivity contribution in [3.8, 4) is 0 Å². The van der Waals surface area contributed by atoms with Gasteiger partial charge in [-0.05, 0) is 104 Å². The number of carbonyl (C=O) groups excluding carboxylic acids is 7. The van der Waals surface area contributed by atoms with Crippen LogP contribution in [0.3, 0.4) is 0 Å². The lowest BCUT2D eigenvalue weighted by Crippen LogP contribution is -2.60. The van der Waals surface area contributed by atoms with Crippen molar-refractivity contribution in [1.82, 2.24) is 41.7 Å². The number of nitrogens with zero attached hydrogens (tertiary/aromatic N) is 2. The van der Waals surface area contributed by atoms with Gasteiger partial charge < -0.3 is 63.4 Å². The van der Waals surface area contributed by atoms with E-state index in [2.05, 4.69) is 31.9 Å². The molecule has 0 bridgehead atoms. The van der Waals surface area contributed by atoms with Crippen LogP contribution in [0.1, 0.15) is 98.3 Å². The number of nitrogens with two attached hydrogens (primary N) is 2. The van der Waals surface area contributed by atoms with Crippen molar-refractivity contribution in [1.29, 1.82) is 0 Å². The van der Waals surface area contributed by atoms with E-state index in [0.29, 0.717) is 64.6 Å². The molecular weight excluding hydrogens is 756 g/mol. The van der Waals surface area contributed by atoms with E-state index < -0.39 is 102 Å². The Labute approximate surface area is 340 Å². The standard InChI is InChI=1S/C38H66N10O10/c1-21(2)30(35(54)43-22(3)36(55)47-18-10-14-28(47)33(52)45-27(38(57)58)12-6-8-16-40)46-32(51)26(11-5-7-15-39)44-34(53)29-19-24(49)20-48(29)37(56)23(4)42-31(50)25-13-9-17-41-25/h21-30,41,49H,5-20,39-40H2,1-4H3,(H,42,50)(H,43,54)(H,44,53)(H,45,52)(H,46,51)(H,57,58)/t22-,23-,24+,25-,26-,27-,28-,29-,30-/m0/s1. The molecule has 0 aromatic rings. The highest BCUT2D eigenvalue weighted by Gasteiger charge is 2.43. The topological polar surface area (TPSA) is 308 Å². The molecule has 0 aliphatic carbocycles. The fourth-order valence-electron chi connectivity index (χ4n) is 7.59. The summed E-state index contributed by atoms with van der Waals surface area (Å²) in [6.07, 6.45) is 3.59. The number of aliphatic carboxylic acids is 1. The number of amides is 7. The number of aliphatic hydroxyl groups is 1. The first-order valence-corrected chi connectivity index (χ1v) is 20.7. The van der Waals surface area contributed by atoms with Crippen LogP contribution in [0.15, 0.2) is 0 Å². The van der Waals surface area contributed by atoms with Crippen LogP contribution in [0.4, 0.5) is 0 Å². The number of carbonyl (C=O) groups is 8. The summed E-state index contributed by atoms with van der Waals surface area (Å²) in [4.78, 5) is 108. The van der Waals surface area contributed by atoms with Gasteiger partial charge in [-0.2, -0.15) is 0 Å². The van der Waals surface area contributed by atoms with Gasteiger partial charge >= 0.3 is 5.97 Å². The predicted octanol–water partition coefficient (Wildman–Crippen LogP) is -2.85. The summed E-state index contributed by atoms with van der Waals surface area (Å²) in [7, 11) is 0. The number of carboxylic acids is 1. The van der Waals surface area contributed by atoms with E-state index >= 15 is 0 Å². The third-order valence-corrected chi connectivity index (χ3v) is 10.9. The molecule has 3 aliphatic rings. The second kappa shape index (κ2) is 23.3. The molecule has 12 N–H and O–H groups in total. The molecule has 0 radical (unpaired) electrons. The molecule has 3 rings (SSSR count). The summed E-state index contributed by atoms with van der Waals surface area (Å²) in [6.45, 7) is 7.84. The number of likely N-dealkylation sites (tertiary alicyclic amines) is 2. The second-order valence-corrected chi connectivity index (χ2v) is 16.0. The quantitative estimate of drug-likeness (QED) is 0.0493. The van der Waals surface area contributed by atoms with E-state index in [-0.39, 0.29) is 38.3 Å². The molecule has 9 atom stereocenters. The third-order valence-electron chi connectivity index (χ3n) is 10.9. The summed E-state index contributed by atoms with van der Waals surface area (Å²) in [6, 6.07) is -8.00. The zero-order valence-corrected chi connectivity index (χ0v) is 34.3. The molecule has 3 fully saturated rings. The molecule has 20 nitrogen and oxygen atoms in total. The second-order valence-electron chi connectivity index (χ2n) is 16.0. The summed E-state index contributed by atoms with van der Waals surface area (Å²) in [5.74, 6) is -5.76. The highest BCUT2D eigenvalue weighted by Crippen LogP contribution is 2.22. The molecular formula is C38H66N10O10. The van der Waals surface area contributed by atoms with Gasteiger partial charge in [-0.1, -0.05) is 13.8 Å². The van der Waals surface area contributed by atoms with Crippen LogP contribution >= 0.6 is 0 Å². The molecule has 0 aromatic carbocycles. The van der Waals surface area contributed by atoms with Gasteiger partial charge in [0.2, 0.25) is 41.4 Å². The van der Waals surface area contributed by atoms with E-state index in [4.69, 9.17) is 11.5 Å². The number of rotatable bonds is 22. The molecule has 328 valence electrons. The largest absolute Gasteiger partial charge is 0.480 e. The molecule has 3 aliphatic heterocycles. The Bertz CT molecular complexity index is 1460. The number of aliphatic hydroxyl groups excluding tert-OH is 1. The lowest BCUT2D eigenvalue weighted by atomic mass is 10.0. The van der Waals surface area contributed by atoms with Gasteiger partial charge in [-0.25, -0.2) is 4.79 Å². The van der Waals surface area contributed by atoms with Gasteiger partial charge in [0.25, 0.3) is 0 Å². The Hall–Kier alpha value is -4.40. The van der Waals surface area contributed by atoms with Crippen molar-refractivity contribution < 1.29 is 48.6 Å². The summed E-state index contributed by atoms with van der Waals surface area (Å²) >= 11 is 0. The average Bonchev–Trinajstić information content (AvgIpc) is 3.97. The zero-order chi connectivity index (χ0) is 43.1. The predicted molar refractivity (Wildman–Crippen MR) is 211 cm³/mol. The third kappa shape index (κ3) is 13.6. The highest BCUT2D eigenvalue weighted by molar-refractivity contribution is 5.98. The smallest absolute Gasteiger partial charge is 0.326 e. The summed E-state index contributed by atoms with van der Waals surface area (Å²) < 4.78 is 0. The van der Waals surface area contributed by atoms with Gasteiger partial charge in [-0.3, -0.25) is 33.6 Å². The Morgan fingerprint density at radius 1 is 0.690 bits per heavy atom. The lowest BCUT2D eigenvalue weighted by molar-refractivity contribution is -0.145. The maximum atomic E-state index is 13.8. The first-order valence-electron chi connectivity index (χ1n) is 20.7. The SMILES string of the molecule is CC(C)[C@H](NC(=O)[C@H](CCCCN)NC(=O)[C@@H]1C[C@@H](O)CN1C(=O)[C@H](C)NC(=O)[C@@H]1CCCN1)C(=O)N[C@@H](C)C(=O)N1CCC[C@H]1C(=O)N[C@@H](CCCCN)C(=O)O. The van der Waals surface area contributed by atoms with Gasteiger partial charge in [0.1, 0.15) is 42.3 Å². The van der Waals surface area contributed by atoms with Crippen LogP contribution in [0, 0.1) is 5.92 Å². The van der Waals surface area contributed by atoms with Crippen molar-refractivity contribution in [2.75, 3.05) is 32.7 Å². The molecule has 58 heavy (non-hydrogen) atoms. The average molecular weight is 823 g/mol.